The van der Waals surface area contributed by atoms with Gasteiger partial charge in [0.25, 0.3) is 0 Å². The molecular weight excluding hydrogens is 302 g/mol. The zero-order valence-electron chi connectivity index (χ0n) is 15.3. The van der Waals surface area contributed by atoms with E-state index in [1.165, 1.54) is 18.4 Å². The van der Waals surface area contributed by atoms with Gasteiger partial charge in [0.15, 0.2) is 5.96 Å². The van der Waals surface area contributed by atoms with E-state index in [1.807, 2.05) is 31.3 Å². The van der Waals surface area contributed by atoms with E-state index in [9.17, 15) is 0 Å². The maximum Gasteiger partial charge on any atom is 0.193 e. The maximum absolute atomic E-state index is 5.73. The third-order valence-electron chi connectivity index (χ3n) is 4.47. The largest absolute Gasteiger partial charge is 0.497 e. The van der Waals surface area contributed by atoms with Crippen molar-refractivity contribution < 1.29 is 9.47 Å². The second-order valence-corrected chi connectivity index (χ2v) is 6.40. The molecular formula is C19H31N3O2. The van der Waals surface area contributed by atoms with Gasteiger partial charge in [-0.1, -0.05) is 19.1 Å². The number of aliphatic imine (C=N–C) groups is 1. The number of likely N-dealkylation sites (tertiary alicyclic amines) is 1. The lowest BCUT2D eigenvalue weighted by molar-refractivity contribution is 0.119. The highest BCUT2D eigenvalue weighted by Crippen LogP contribution is 2.15. The fraction of sp³-hybridized carbons (Fsp3) is 0.632. The summed E-state index contributed by atoms with van der Waals surface area (Å²) in [5.74, 6) is 2.74. The van der Waals surface area contributed by atoms with Crippen LogP contribution in [-0.2, 0) is 11.3 Å². The summed E-state index contributed by atoms with van der Waals surface area (Å²) < 4.78 is 10.9. The lowest BCUT2D eigenvalue weighted by atomic mass is 10.00. The average Bonchev–Trinajstić information content (AvgIpc) is 2.63. The third kappa shape index (κ3) is 6.04. The van der Waals surface area contributed by atoms with Gasteiger partial charge in [-0.3, -0.25) is 4.99 Å². The maximum atomic E-state index is 5.73. The molecule has 1 N–H and O–H groups in total. The van der Waals surface area contributed by atoms with Crippen LogP contribution in [0.4, 0.5) is 0 Å². The van der Waals surface area contributed by atoms with Crippen molar-refractivity contribution in [3.8, 4) is 5.75 Å². The fourth-order valence-electron chi connectivity index (χ4n) is 2.84. The van der Waals surface area contributed by atoms with Crippen molar-refractivity contribution in [3.63, 3.8) is 0 Å². The summed E-state index contributed by atoms with van der Waals surface area (Å²) in [7, 11) is 3.54. The van der Waals surface area contributed by atoms with Gasteiger partial charge >= 0.3 is 0 Å². The number of rotatable bonds is 7. The molecule has 24 heavy (non-hydrogen) atoms. The molecule has 1 aromatic rings. The molecule has 134 valence electrons. The summed E-state index contributed by atoms with van der Waals surface area (Å²) in [5.41, 5.74) is 1.17. The molecule has 1 fully saturated rings. The van der Waals surface area contributed by atoms with Gasteiger partial charge in [0.05, 0.1) is 13.7 Å². The van der Waals surface area contributed by atoms with Crippen molar-refractivity contribution in [3.05, 3.63) is 29.8 Å². The molecule has 1 aliphatic heterocycles. The molecule has 0 aliphatic carbocycles. The molecule has 1 saturated heterocycles. The average molecular weight is 333 g/mol. The van der Waals surface area contributed by atoms with Crippen molar-refractivity contribution >= 4 is 5.96 Å². The Morgan fingerprint density at radius 2 is 1.96 bits per heavy atom. The van der Waals surface area contributed by atoms with Crippen LogP contribution < -0.4 is 10.1 Å². The van der Waals surface area contributed by atoms with Crippen LogP contribution in [0.15, 0.2) is 29.3 Å². The summed E-state index contributed by atoms with van der Waals surface area (Å²) in [4.78, 5) is 6.76. The van der Waals surface area contributed by atoms with E-state index in [-0.39, 0.29) is 0 Å². The molecule has 0 amide bonds. The van der Waals surface area contributed by atoms with Crippen molar-refractivity contribution in [2.75, 3.05) is 40.4 Å². The molecule has 0 aromatic heterocycles. The Morgan fingerprint density at radius 1 is 1.25 bits per heavy atom. The number of nitrogens with zero attached hydrogens (tertiary/aromatic N) is 2. The second kappa shape index (κ2) is 10.2. The number of piperidine rings is 1. The Hall–Kier alpha value is -1.75. The molecule has 0 bridgehead atoms. The number of nitrogens with one attached hydrogen (secondary N) is 1. The van der Waals surface area contributed by atoms with E-state index in [2.05, 4.69) is 22.1 Å². The zero-order chi connectivity index (χ0) is 17.2. The highest BCUT2D eigenvalue weighted by molar-refractivity contribution is 5.79. The SMILES string of the molecule is CN=C(NCCCOCc1ccc(OC)cc1)N1CCC(C)CC1. The highest BCUT2D eigenvalue weighted by atomic mass is 16.5. The normalized spacial score (nSPS) is 16.3. The van der Waals surface area contributed by atoms with Crippen molar-refractivity contribution in [1.29, 1.82) is 0 Å². The van der Waals surface area contributed by atoms with Gasteiger partial charge in [0.2, 0.25) is 0 Å². The first kappa shape index (κ1) is 18.6. The van der Waals surface area contributed by atoms with Gasteiger partial charge in [-0.2, -0.15) is 0 Å². The Kier molecular flexibility index (Phi) is 7.89. The van der Waals surface area contributed by atoms with Gasteiger partial charge < -0.3 is 19.7 Å². The molecule has 0 spiro atoms. The fourth-order valence-corrected chi connectivity index (χ4v) is 2.84. The lowest BCUT2D eigenvalue weighted by Crippen LogP contribution is -2.45. The minimum absolute atomic E-state index is 0.642. The zero-order valence-corrected chi connectivity index (χ0v) is 15.3. The van der Waals surface area contributed by atoms with Crippen molar-refractivity contribution in [1.82, 2.24) is 10.2 Å². The topological polar surface area (TPSA) is 46.1 Å². The molecule has 2 rings (SSSR count). The van der Waals surface area contributed by atoms with Gasteiger partial charge in [-0.05, 0) is 42.9 Å². The molecule has 1 aromatic carbocycles. The van der Waals surface area contributed by atoms with Gasteiger partial charge in [-0.15, -0.1) is 0 Å². The molecule has 0 unspecified atom stereocenters. The predicted molar refractivity (Wildman–Crippen MR) is 98.6 cm³/mol. The van der Waals surface area contributed by atoms with Gasteiger partial charge in [0.1, 0.15) is 5.75 Å². The minimum atomic E-state index is 0.642. The van der Waals surface area contributed by atoms with Crippen LogP contribution >= 0.6 is 0 Å². The molecule has 0 radical (unpaired) electrons. The van der Waals surface area contributed by atoms with E-state index >= 15 is 0 Å². The number of hydrogen-bond acceptors (Lipinski definition) is 3. The van der Waals surface area contributed by atoms with Crippen LogP contribution in [0.25, 0.3) is 0 Å². The summed E-state index contributed by atoms with van der Waals surface area (Å²) in [6.45, 7) is 6.81. The van der Waals surface area contributed by atoms with Gasteiger partial charge in [0, 0.05) is 33.3 Å². The van der Waals surface area contributed by atoms with Crippen LogP contribution in [0.2, 0.25) is 0 Å². The van der Waals surface area contributed by atoms with E-state index in [1.54, 1.807) is 7.11 Å². The van der Waals surface area contributed by atoms with Crippen molar-refractivity contribution in [2.45, 2.75) is 32.8 Å². The summed E-state index contributed by atoms with van der Waals surface area (Å²) in [6.07, 6.45) is 3.48. The molecule has 0 atom stereocenters. The minimum Gasteiger partial charge on any atom is -0.497 e. The first-order valence-electron chi connectivity index (χ1n) is 8.89. The molecule has 1 heterocycles. The molecule has 0 saturated carbocycles. The second-order valence-electron chi connectivity index (χ2n) is 6.40. The quantitative estimate of drug-likeness (QED) is 0.473. The summed E-state index contributed by atoms with van der Waals surface area (Å²) in [5, 5.41) is 3.45. The Balaban J connectivity index is 1.58. The van der Waals surface area contributed by atoms with Gasteiger partial charge in [-0.25, -0.2) is 0 Å². The Morgan fingerprint density at radius 3 is 2.58 bits per heavy atom. The molecule has 1 aliphatic rings. The van der Waals surface area contributed by atoms with E-state index in [0.29, 0.717) is 6.61 Å². The number of guanidine groups is 1. The van der Waals surface area contributed by atoms with Crippen LogP contribution in [-0.4, -0.2) is 51.3 Å². The monoisotopic (exact) mass is 333 g/mol. The first-order valence-corrected chi connectivity index (χ1v) is 8.89. The van der Waals surface area contributed by atoms with Crippen LogP contribution in [0, 0.1) is 5.92 Å². The number of ether oxygens (including phenoxy) is 2. The molecule has 5 nitrogen and oxygen atoms in total. The number of hydrogen-bond donors (Lipinski definition) is 1. The van der Waals surface area contributed by atoms with E-state index < -0.39 is 0 Å². The summed E-state index contributed by atoms with van der Waals surface area (Å²) in [6, 6.07) is 8.00. The third-order valence-corrected chi connectivity index (χ3v) is 4.47. The highest BCUT2D eigenvalue weighted by Gasteiger charge is 2.18. The predicted octanol–water partition coefficient (Wildman–Crippen LogP) is 2.91. The summed E-state index contributed by atoms with van der Waals surface area (Å²) >= 11 is 0. The van der Waals surface area contributed by atoms with Crippen LogP contribution in [0.1, 0.15) is 31.7 Å². The van der Waals surface area contributed by atoms with Crippen molar-refractivity contribution in [2.24, 2.45) is 10.9 Å². The standard InChI is InChI=1S/C19H31N3O2/c1-16-9-12-22(13-10-16)19(20-2)21-11-4-14-24-15-17-5-7-18(23-3)8-6-17/h5-8,16H,4,9-15H2,1-3H3,(H,20,21). The Labute approximate surface area is 146 Å². The van der Waals surface area contributed by atoms with Crippen LogP contribution in [0.5, 0.6) is 5.75 Å². The Bertz CT molecular complexity index is 494. The smallest absolute Gasteiger partial charge is 0.193 e. The lowest BCUT2D eigenvalue weighted by Gasteiger charge is -2.32. The van der Waals surface area contributed by atoms with E-state index in [4.69, 9.17) is 9.47 Å². The molecule has 5 heteroatoms. The first-order chi connectivity index (χ1) is 11.7. The van der Waals surface area contributed by atoms with Crippen LogP contribution in [0.3, 0.4) is 0 Å². The van der Waals surface area contributed by atoms with E-state index in [0.717, 1.165) is 50.3 Å². The number of benzene rings is 1. The number of methoxy groups -OCH3 is 1.